The highest BCUT2D eigenvalue weighted by atomic mass is 16.4. The minimum absolute atomic E-state index is 0.154. The number of carboxylic acids is 1. The highest BCUT2D eigenvalue weighted by molar-refractivity contribution is 6.41. The van der Waals surface area contributed by atoms with E-state index in [0.717, 1.165) is 5.56 Å². The maximum absolute atomic E-state index is 12.3. The van der Waals surface area contributed by atoms with Gasteiger partial charge in [-0.3, -0.25) is 14.4 Å². The van der Waals surface area contributed by atoms with Gasteiger partial charge in [0.25, 0.3) is 0 Å². The summed E-state index contributed by atoms with van der Waals surface area (Å²) in [5.41, 5.74) is 8.59. The first-order valence-electron chi connectivity index (χ1n) is 8.42. The lowest BCUT2D eigenvalue weighted by molar-refractivity contribution is -0.140. The summed E-state index contributed by atoms with van der Waals surface area (Å²) in [6.07, 6.45) is 0.950. The summed E-state index contributed by atoms with van der Waals surface area (Å²) in [6.45, 7) is 3.32. The molecule has 0 aliphatic carbocycles. The molecule has 0 aromatic heterocycles. The van der Waals surface area contributed by atoms with Crippen LogP contribution < -0.4 is 16.5 Å². The lowest BCUT2D eigenvalue weighted by Gasteiger charge is -2.21. The van der Waals surface area contributed by atoms with Crippen molar-refractivity contribution in [2.24, 2.45) is 16.8 Å². The number of carboxylic acid groups (broad SMARTS) is 1. The molecule has 1 rings (SSSR count). The number of urea groups is 1. The van der Waals surface area contributed by atoms with Gasteiger partial charge in [0.05, 0.1) is 18.3 Å². The number of hydrogen-bond donors (Lipinski definition) is 4. The molecule has 9 nitrogen and oxygen atoms in total. The second kappa shape index (κ2) is 10.8. The Hall–Kier alpha value is -3.07. The van der Waals surface area contributed by atoms with Crippen LogP contribution in [0.2, 0.25) is 0 Å². The number of nitrogens with one attached hydrogen (secondary N) is 2. The summed E-state index contributed by atoms with van der Waals surface area (Å²) in [5.74, 6) is -3.27. The molecule has 0 bridgehead atoms. The molecular weight excluding hydrogens is 352 g/mol. The Morgan fingerprint density at radius 1 is 1.15 bits per heavy atom. The summed E-state index contributed by atoms with van der Waals surface area (Å²) >= 11 is 0. The molecule has 9 heteroatoms. The quantitative estimate of drug-likeness (QED) is 0.268. The number of Topliss-reactive ketones (excluding diaryl/α,β-unsaturated/α-hetero) is 2. The molecule has 0 saturated carbocycles. The fraction of sp³-hybridized carbons (Fsp3) is 0.389. The number of ketones is 2. The van der Waals surface area contributed by atoms with Crippen LogP contribution in [0.5, 0.6) is 0 Å². The second-order valence-corrected chi connectivity index (χ2v) is 6.24. The van der Waals surface area contributed by atoms with Crippen LogP contribution in [-0.4, -0.2) is 47.0 Å². The second-order valence-electron chi connectivity index (χ2n) is 6.24. The molecular formula is C18H24N4O5. The molecule has 0 heterocycles. The van der Waals surface area contributed by atoms with E-state index in [0.29, 0.717) is 0 Å². The van der Waals surface area contributed by atoms with Crippen LogP contribution >= 0.6 is 0 Å². The molecule has 1 aromatic carbocycles. The van der Waals surface area contributed by atoms with Gasteiger partial charge >= 0.3 is 12.0 Å². The molecule has 2 amide bonds. The molecule has 0 unspecified atom stereocenters. The predicted molar refractivity (Wildman–Crippen MR) is 99.2 cm³/mol. The van der Waals surface area contributed by atoms with Crippen LogP contribution in [0.4, 0.5) is 4.79 Å². The van der Waals surface area contributed by atoms with Crippen molar-refractivity contribution in [1.82, 2.24) is 10.7 Å². The van der Waals surface area contributed by atoms with Gasteiger partial charge in [0, 0.05) is 6.42 Å². The van der Waals surface area contributed by atoms with Crippen molar-refractivity contribution in [3.05, 3.63) is 35.9 Å². The van der Waals surface area contributed by atoms with E-state index in [1.165, 1.54) is 6.21 Å². The van der Waals surface area contributed by atoms with Gasteiger partial charge in [-0.25, -0.2) is 10.2 Å². The van der Waals surface area contributed by atoms with Crippen LogP contribution in [-0.2, 0) is 14.4 Å². The van der Waals surface area contributed by atoms with E-state index in [4.69, 9.17) is 10.8 Å². The third-order valence-corrected chi connectivity index (χ3v) is 3.66. The van der Waals surface area contributed by atoms with Gasteiger partial charge in [-0.1, -0.05) is 44.2 Å². The van der Waals surface area contributed by atoms with Gasteiger partial charge in [0.2, 0.25) is 11.6 Å². The Morgan fingerprint density at radius 2 is 1.78 bits per heavy atom. The molecule has 146 valence electrons. The standard InChI is InChI=1S/C18H24N4O5/c1-11(2)15(17(26)16(25)13(19)8-9-14(23)24)21-18(27)22-20-10-12-6-4-3-5-7-12/h3-7,10-11,13,15H,8-9,19H2,1-2H3,(H,23,24)(H2,21,22,27)/b20-10+/t13-,15+/m0/s1. The number of nitrogens with two attached hydrogens (primary N) is 1. The van der Waals surface area contributed by atoms with Gasteiger partial charge in [-0.05, 0) is 17.9 Å². The van der Waals surface area contributed by atoms with Gasteiger partial charge in [0.15, 0.2) is 0 Å². The summed E-state index contributed by atoms with van der Waals surface area (Å²) in [5, 5.41) is 14.8. The molecule has 0 aliphatic heterocycles. The van der Waals surface area contributed by atoms with Crippen LogP contribution in [0.1, 0.15) is 32.3 Å². The number of hydrogen-bond acceptors (Lipinski definition) is 6. The summed E-state index contributed by atoms with van der Waals surface area (Å²) in [4.78, 5) is 47.0. The van der Waals surface area contributed by atoms with E-state index >= 15 is 0 Å². The first-order chi connectivity index (χ1) is 12.7. The molecule has 2 atom stereocenters. The smallest absolute Gasteiger partial charge is 0.335 e. The number of carbonyl (C=O) groups excluding carboxylic acids is 3. The zero-order chi connectivity index (χ0) is 20.4. The molecule has 0 saturated heterocycles. The number of carbonyl (C=O) groups is 4. The van der Waals surface area contributed by atoms with Crippen molar-refractivity contribution in [2.45, 2.75) is 38.8 Å². The van der Waals surface area contributed by atoms with Crippen molar-refractivity contribution in [3.8, 4) is 0 Å². The number of rotatable bonds is 10. The maximum atomic E-state index is 12.3. The number of aliphatic carboxylic acids is 1. The Balaban J connectivity index is 2.64. The minimum Gasteiger partial charge on any atom is -0.481 e. The zero-order valence-electron chi connectivity index (χ0n) is 15.2. The predicted octanol–water partition coefficient (Wildman–Crippen LogP) is 0.675. The normalized spacial score (nSPS) is 13.2. The fourth-order valence-corrected chi connectivity index (χ4v) is 2.16. The van der Waals surface area contributed by atoms with Crippen molar-refractivity contribution in [3.63, 3.8) is 0 Å². The molecule has 0 fully saturated rings. The average molecular weight is 376 g/mol. The van der Waals surface area contributed by atoms with Gasteiger partial charge < -0.3 is 16.2 Å². The van der Waals surface area contributed by atoms with Crippen molar-refractivity contribution < 1.29 is 24.3 Å². The Bertz CT molecular complexity index is 703. The zero-order valence-corrected chi connectivity index (χ0v) is 15.2. The molecule has 1 aromatic rings. The summed E-state index contributed by atoms with van der Waals surface area (Å²) < 4.78 is 0. The topological polar surface area (TPSA) is 151 Å². The maximum Gasteiger partial charge on any atom is 0.335 e. The third kappa shape index (κ3) is 7.78. The number of benzene rings is 1. The van der Waals surface area contributed by atoms with Crippen molar-refractivity contribution in [1.29, 1.82) is 0 Å². The van der Waals surface area contributed by atoms with E-state index in [2.05, 4.69) is 15.8 Å². The molecule has 27 heavy (non-hydrogen) atoms. The highest BCUT2D eigenvalue weighted by Gasteiger charge is 2.32. The highest BCUT2D eigenvalue weighted by Crippen LogP contribution is 2.07. The summed E-state index contributed by atoms with van der Waals surface area (Å²) in [7, 11) is 0. The van der Waals surface area contributed by atoms with Crippen LogP contribution in [0.15, 0.2) is 35.4 Å². The lowest BCUT2D eigenvalue weighted by Crippen LogP contribution is -2.52. The Labute approximate surface area is 157 Å². The van der Waals surface area contributed by atoms with E-state index in [-0.39, 0.29) is 18.8 Å². The van der Waals surface area contributed by atoms with E-state index in [1.54, 1.807) is 26.0 Å². The number of nitrogens with zero attached hydrogens (tertiary/aromatic N) is 1. The van der Waals surface area contributed by atoms with Crippen LogP contribution in [0.3, 0.4) is 0 Å². The molecule has 0 aliphatic rings. The lowest BCUT2D eigenvalue weighted by atomic mass is 9.93. The fourth-order valence-electron chi connectivity index (χ4n) is 2.16. The minimum atomic E-state index is -1.23. The van der Waals surface area contributed by atoms with Gasteiger partial charge in [0.1, 0.15) is 0 Å². The SMILES string of the molecule is CC(C)[C@@H](NC(=O)N/N=C/c1ccccc1)C(=O)C(=O)[C@@H](N)CCC(=O)O. The van der Waals surface area contributed by atoms with Crippen LogP contribution in [0, 0.1) is 5.92 Å². The first-order valence-corrected chi connectivity index (χ1v) is 8.42. The van der Waals surface area contributed by atoms with E-state index in [1.807, 2.05) is 18.2 Å². The Morgan fingerprint density at radius 3 is 2.33 bits per heavy atom. The first kappa shape index (κ1) is 22.0. The van der Waals surface area contributed by atoms with E-state index in [9.17, 15) is 19.2 Å². The molecule has 0 spiro atoms. The molecule has 0 radical (unpaired) electrons. The van der Waals surface area contributed by atoms with Gasteiger partial charge in [-0.15, -0.1) is 0 Å². The van der Waals surface area contributed by atoms with Crippen molar-refractivity contribution in [2.75, 3.05) is 0 Å². The number of hydrazone groups is 1. The average Bonchev–Trinajstić information content (AvgIpc) is 2.63. The van der Waals surface area contributed by atoms with Gasteiger partial charge in [-0.2, -0.15) is 5.10 Å². The molecule has 5 N–H and O–H groups in total. The van der Waals surface area contributed by atoms with Crippen LogP contribution in [0.25, 0.3) is 0 Å². The van der Waals surface area contributed by atoms with Crippen molar-refractivity contribution >= 4 is 29.8 Å². The third-order valence-electron chi connectivity index (χ3n) is 3.66. The largest absolute Gasteiger partial charge is 0.481 e. The number of amides is 2. The monoisotopic (exact) mass is 376 g/mol. The van der Waals surface area contributed by atoms with E-state index < -0.39 is 35.7 Å². The Kier molecular flexibility index (Phi) is 8.80. The summed E-state index contributed by atoms with van der Waals surface area (Å²) in [6, 6.07) is 5.98.